The number of hydrogen-bond donors (Lipinski definition) is 2. The van der Waals surface area contributed by atoms with E-state index in [4.69, 9.17) is 10.3 Å². The molecule has 6 nitrogen and oxygen atoms in total. The lowest BCUT2D eigenvalue weighted by atomic mass is 10.2. The molecule has 0 aliphatic heterocycles. The van der Waals surface area contributed by atoms with E-state index in [2.05, 4.69) is 15.1 Å². The Labute approximate surface area is 85.8 Å². The molecule has 0 bridgehead atoms. The summed E-state index contributed by atoms with van der Waals surface area (Å²) in [5, 5.41) is 13.1. The van der Waals surface area contributed by atoms with Crippen LogP contribution in [0.5, 0.6) is 0 Å². The van der Waals surface area contributed by atoms with Gasteiger partial charge < -0.3 is 15.4 Å². The minimum atomic E-state index is -0.909. The summed E-state index contributed by atoms with van der Waals surface area (Å²) in [4.78, 5) is 7.89. The summed E-state index contributed by atoms with van der Waals surface area (Å²) in [5.74, 6) is 0.546. The molecular weight excluding hydrogens is 196 g/mol. The van der Waals surface area contributed by atoms with E-state index in [0.717, 1.165) is 5.56 Å². The van der Waals surface area contributed by atoms with Crippen molar-refractivity contribution in [3.63, 3.8) is 0 Å². The van der Waals surface area contributed by atoms with E-state index in [9.17, 15) is 5.11 Å². The van der Waals surface area contributed by atoms with Crippen molar-refractivity contribution in [3.05, 3.63) is 30.4 Å². The van der Waals surface area contributed by atoms with Gasteiger partial charge in [0.25, 0.3) is 5.89 Å². The van der Waals surface area contributed by atoms with Crippen LogP contribution in [0, 0.1) is 0 Å². The Morgan fingerprint density at radius 2 is 2.13 bits per heavy atom. The minimum Gasteiger partial charge on any atom is -0.382 e. The molecule has 0 amide bonds. The first-order valence-electron chi connectivity index (χ1n) is 4.43. The van der Waals surface area contributed by atoms with Crippen LogP contribution in [-0.4, -0.2) is 26.8 Å². The first kappa shape index (κ1) is 9.75. The Balaban J connectivity index is 2.28. The average Bonchev–Trinajstić information content (AvgIpc) is 2.78. The van der Waals surface area contributed by atoms with Gasteiger partial charge in [0.05, 0.1) is 0 Å². The third-order valence-corrected chi connectivity index (χ3v) is 1.89. The van der Waals surface area contributed by atoms with E-state index >= 15 is 0 Å². The van der Waals surface area contributed by atoms with Crippen LogP contribution in [0.25, 0.3) is 11.4 Å². The topological polar surface area (TPSA) is 98.1 Å². The lowest BCUT2D eigenvalue weighted by Gasteiger charge is -1.97. The van der Waals surface area contributed by atoms with Gasteiger partial charge in [0.15, 0.2) is 0 Å². The Bertz CT molecular complexity index is 429. The smallest absolute Gasteiger partial charge is 0.257 e. The lowest BCUT2D eigenvalue weighted by molar-refractivity contribution is 0.141. The van der Waals surface area contributed by atoms with Crippen LogP contribution in [-0.2, 0) is 0 Å². The summed E-state index contributed by atoms with van der Waals surface area (Å²) < 4.78 is 4.86. The number of pyridine rings is 1. The van der Waals surface area contributed by atoms with E-state index in [0.29, 0.717) is 5.82 Å². The molecule has 0 radical (unpaired) electrons. The summed E-state index contributed by atoms with van der Waals surface area (Å²) in [7, 11) is 0. The van der Waals surface area contributed by atoms with Crippen LogP contribution in [0.1, 0.15) is 12.0 Å². The highest BCUT2D eigenvalue weighted by atomic mass is 16.5. The molecule has 0 aliphatic rings. The standard InChI is InChI=1S/C9H10N4O2/c10-5-7(14)9-12-8(13-15-9)6-1-3-11-4-2-6/h1-4,7,14H,5,10H2/t7-/m0/s1. The van der Waals surface area contributed by atoms with Gasteiger partial charge in [-0.05, 0) is 12.1 Å². The molecule has 78 valence electrons. The zero-order chi connectivity index (χ0) is 10.7. The molecule has 2 aromatic heterocycles. The van der Waals surface area contributed by atoms with Crippen molar-refractivity contribution in [2.24, 2.45) is 5.73 Å². The second kappa shape index (κ2) is 4.16. The van der Waals surface area contributed by atoms with E-state index in [1.807, 2.05) is 0 Å². The average molecular weight is 206 g/mol. The number of nitrogens with two attached hydrogens (primary N) is 1. The lowest BCUT2D eigenvalue weighted by Crippen LogP contribution is -2.11. The molecule has 0 unspecified atom stereocenters. The number of hydrogen-bond acceptors (Lipinski definition) is 6. The van der Waals surface area contributed by atoms with Gasteiger partial charge in [-0.2, -0.15) is 4.98 Å². The van der Waals surface area contributed by atoms with Gasteiger partial charge in [0.2, 0.25) is 5.82 Å². The molecular formula is C9H10N4O2. The number of aromatic nitrogens is 3. The normalized spacial score (nSPS) is 12.7. The molecule has 0 aliphatic carbocycles. The molecule has 6 heteroatoms. The van der Waals surface area contributed by atoms with Crippen molar-refractivity contribution in [3.8, 4) is 11.4 Å². The quantitative estimate of drug-likeness (QED) is 0.740. The fourth-order valence-corrected chi connectivity index (χ4v) is 1.09. The number of aliphatic hydroxyl groups excluding tert-OH is 1. The van der Waals surface area contributed by atoms with Crippen molar-refractivity contribution in [1.82, 2.24) is 15.1 Å². The molecule has 2 heterocycles. The first-order valence-corrected chi connectivity index (χ1v) is 4.43. The molecule has 2 aromatic rings. The molecule has 0 aromatic carbocycles. The molecule has 0 saturated heterocycles. The molecule has 0 fully saturated rings. The van der Waals surface area contributed by atoms with Crippen LogP contribution in [0.15, 0.2) is 29.0 Å². The maximum atomic E-state index is 9.36. The Kier molecular flexibility index (Phi) is 2.70. The van der Waals surface area contributed by atoms with Crippen LogP contribution in [0.2, 0.25) is 0 Å². The SMILES string of the molecule is NC[C@H](O)c1nc(-c2ccncc2)no1. The Hall–Kier alpha value is -1.79. The monoisotopic (exact) mass is 206 g/mol. The fraction of sp³-hybridized carbons (Fsp3) is 0.222. The van der Waals surface area contributed by atoms with Gasteiger partial charge in [-0.3, -0.25) is 4.98 Å². The Morgan fingerprint density at radius 3 is 2.80 bits per heavy atom. The highest BCUT2D eigenvalue weighted by Gasteiger charge is 2.14. The predicted octanol–water partition coefficient (Wildman–Crippen LogP) is 0.124. The summed E-state index contributed by atoms with van der Waals surface area (Å²) in [6, 6.07) is 3.51. The van der Waals surface area contributed by atoms with Gasteiger partial charge in [-0.1, -0.05) is 5.16 Å². The highest BCUT2D eigenvalue weighted by Crippen LogP contribution is 2.16. The number of rotatable bonds is 3. The summed E-state index contributed by atoms with van der Waals surface area (Å²) in [6.07, 6.45) is 2.35. The molecule has 3 N–H and O–H groups in total. The predicted molar refractivity (Wildman–Crippen MR) is 51.5 cm³/mol. The fourth-order valence-electron chi connectivity index (χ4n) is 1.09. The van der Waals surface area contributed by atoms with Crippen LogP contribution >= 0.6 is 0 Å². The number of nitrogens with zero attached hydrogens (tertiary/aromatic N) is 3. The molecule has 2 rings (SSSR count). The van der Waals surface area contributed by atoms with Crippen LogP contribution < -0.4 is 5.73 Å². The van der Waals surface area contributed by atoms with E-state index in [1.54, 1.807) is 24.5 Å². The van der Waals surface area contributed by atoms with Gasteiger partial charge in [0.1, 0.15) is 6.10 Å². The van der Waals surface area contributed by atoms with Gasteiger partial charge in [-0.15, -0.1) is 0 Å². The van der Waals surface area contributed by atoms with Crippen LogP contribution in [0.4, 0.5) is 0 Å². The van der Waals surface area contributed by atoms with Gasteiger partial charge >= 0.3 is 0 Å². The summed E-state index contributed by atoms with van der Waals surface area (Å²) >= 11 is 0. The molecule has 15 heavy (non-hydrogen) atoms. The summed E-state index contributed by atoms with van der Waals surface area (Å²) in [5.41, 5.74) is 6.05. The molecule has 0 saturated carbocycles. The molecule has 1 atom stereocenters. The maximum absolute atomic E-state index is 9.36. The van der Waals surface area contributed by atoms with E-state index in [-0.39, 0.29) is 12.4 Å². The van der Waals surface area contributed by atoms with Crippen molar-refractivity contribution in [2.75, 3.05) is 6.54 Å². The third-order valence-electron chi connectivity index (χ3n) is 1.89. The zero-order valence-electron chi connectivity index (χ0n) is 7.87. The minimum absolute atomic E-state index is 0.0536. The largest absolute Gasteiger partial charge is 0.382 e. The summed E-state index contributed by atoms with van der Waals surface area (Å²) in [6.45, 7) is 0.0536. The molecule has 0 spiro atoms. The van der Waals surface area contributed by atoms with Gasteiger partial charge in [-0.25, -0.2) is 0 Å². The van der Waals surface area contributed by atoms with E-state index in [1.165, 1.54) is 0 Å². The van der Waals surface area contributed by atoms with Crippen molar-refractivity contribution < 1.29 is 9.63 Å². The van der Waals surface area contributed by atoms with Crippen molar-refractivity contribution in [2.45, 2.75) is 6.10 Å². The highest BCUT2D eigenvalue weighted by molar-refractivity contribution is 5.52. The van der Waals surface area contributed by atoms with Crippen molar-refractivity contribution >= 4 is 0 Å². The second-order valence-corrected chi connectivity index (χ2v) is 2.94. The third kappa shape index (κ3) is 2.00. The maximum Gasteiger partial charge on any atom is 0.257 e. The van der Waals surface area contributed by atoms with Crippen molar-refractivity contribution in [1.29, 1.82) is 0 Å². The second-order valence-electron chi connectivity index (χ2n) is 2.94. The zero-order valence-corrected chi connectivity index (χ0v) is 7.87. The van der Waals surface area contributed by atoms with Crippen LogP contribution in [0.3, 0.4) is 0 Å². The van der Waals surface area contributed by atoms with E-state index < -0.39 is 6.10 Å². The van der Waals surface area contributed by atoms with Gasteiger partial charge in [0, 0.05) is 24.5 Å². The first-order chi connectivity index (χ1) is 7.31. The Morgan fingerprint density at radius 1 is 1.40 bits per heavy atom. The number of aliphatic hydroxyl groups is 1.